The molecule has 1 aliphatic rings. The molecular formula is C22H26N2OS. The first-order valence-corrected chi connectivity index (χ1v) is 10.2. The molecule has 0 radical (unpaired) electrons. The highest BCUT2D eigenvalue weighted by Gasteiger charge is 2.18. The number of unbranched alkanes of at least 4 members (excludes halogenated alkanes) is 1. The van der Waals surface area contributed by atoms with Crippen LogP contribution < -0.4 is 5.32 Å². The molecule has 1 aliphatic heterocycles. The van der Waals surface area contributed by atoms with Crippen LogP contribution in [0.25, 0.3) is 0 Å². The van der Waals surface area contributed by atoms with Crippen molar-refractivity contribution < 1.29 is 4.79 Å². The molecule has 0 fully saturated rings. The minimum Gasteiger partial charge on any atom is -0.352 e. The number of amides is 1. The van der Waals surface area contributed by atoms with Crippen molar-refractivity contribution in [2.75, 3.05) is 6.54 Å². The van der Waals surface area contributed by atoms with Crippen molar-refractivity contribution in [3.63, 3.8) is 0 Å². The quantitative estimate of drug-likeness (QED) is 0.646. The lowest BCUT2D eigenvalue weighted by atomic mass is 10.0. The lowest BCUT2D eigenvalue weighted by Crippen LogP contribution is -2.24. The molecule has 1 amide bonds. The number of hydrogen-bond donors (Lipinski definition) is 1. The molecule has 1 N–H and O–H groups in total. The Kier molecular flexibility index (Phi) is 6.15. The molecule has 0 unspecified atom stereocenters. The smallest absolute Gasteiger partial charge is 0.251 e. The van der Waals surface area contributed by atoms with Gasteiger partial charge in [-0.3, -0.25) is 9.79 Å². The van der Waals surface area contributed by atoms with Crippen LogP contribution in [0.15, 0.2) is 51.2 Å². The molecule has 26 heavy (non-hydrogen) atoms. The largest absolute Gasteiger partial charge is 0.352 e. The first kappa shape index (κ1) is 18.7. The van der Waals surface area contributed by atoms with Crippen molar-refractivity contribution in [1.29, 1.82) is 0 Å². The second-order valence-corrected chi connectivity index (χ2v) is 7.79. The SMILES string of the molecule is CCCCNC(=O)c1ccc2c(c1)N=C(CCC)c1cc(C)ccc1S2. The van der Waals surface area contributed by atoms with Gasteiger partial charge in [-0.05, 0) is 50.1 Å². The molecule has 1 heterocycles. The molecule has 0 atom stereocenters. The lowest BCUT2D eigenvalue weighted by molar-refractivity contribution is 0.0953. The molecule has 2 aromatic rings. The third-order valence-electron chi connectivity index (χ3n) is 4.45. The molecule has 0 aromatic heterocycles. The maximum Gasteiger partial charge on any atom is 0.251 e. The molecular weight excluding hydrogens is 340 g/mol. The molecule has 136 valence electrons. The van der Waals surface area contributed by atoms with Crippen LogP contribution in [0, 0.1) is 6.92 Å². The summed E-state index contributed by atoms with van der Waals surface area (Å²) in [7, 11) is 0. The average molecular weight is 367 g/mol. The van der Waals surface area contributed by atoms with Gasteiger partial charge in [0.25, 0.3) is 5.91 Å². The summed E-state index contributed by atoms with van der Waals surface area (Å²) in [6, 6.07) is 12.4. The van der Waals surface area contributed by atoms with Crippen LogP contribution in [0.4, 0.5) is 5.69 Å². The average Bonchev–Trinajstić information content (AvgIpc) is 2.78. The van der Waals surface area contributed by atoms with E-state index in [1.165, 1.54) is 16.0 Å². The highest BCUT2D eigenvalue weighted by Crippen LogP contribution is 2.41. The Labute approximate surface area is 160 Å². The highest BCUT2D eigenvalue weighted by molar-refractivity contribution is 7.99. The third-order valence-corrected chi connectivity index (χ3v) is 5.59. The van der Waals surface area contributed by atoms with Crippen molar-refractivity contribution >= 4 is 29.1 Å². The van der Waals surface area contributed by atoms with Gasteiger partial charge in [0.05, 0.1) is 5.69 Å². The van der Waals surface area contributed by atoms with E-state index in [1.54, 1.807) is 11.8 Å². The number of aliphatic imine (C=N–C) groups is 1. The van der Waals surface area contributed by atoms with E-state index in [0.29, 0.717) is 5.56 Å². The first-order valence-electron chi connectivity index (χ1n) is 9.41. The van der Waals surface area contributed by atoms with Crippen molar-refractivity contribution in [3.05, 3.63) is 53.1 Å². The number of fused-ring (bicyclic) bond motifs is 2. The van der Waals surface area contributed by atoms with E-state index in [1.807, 2.05) is 18.2 Å². The zero-order valence-corrected chi connectivity index (χ0v) is 16.6. The molecule has 0 aliphatic carbocycles. The normalized spacial score (nSPS) is 12.7. The fourth-order valence-corrected chi connectivity index (χ4v) is 4.03. The zero-order chi connectivity index (χ0) is 18.5. The fraction of sp³-hybridized carbons (Fsp3) is 0.364. The third kappa shape index (κ3) is 4.18. The van der Waals surface area contributed by atoms with Gasteiger partial charge in [-0.15, -0.1) is 0 Å². The Morgan fingerprint density at radius 3 is 2.65 bits per heavy atom. The number of benzene rings is 2. The van der Waals surface area contributed by atoms with Crippen molar-refractivity contribution in [3.8, 4) is 0 Å². The van der Waals surface area contributed by atoms with E-state index in [0.717, 1.165) is 48.5 Å². The summed E-state index contributed by atoms with van der Waals surface area (Å²) in [5.74, 6) is -0.0175. The summed E-state index contributed by atoms with van der Waals surface area (Å²) in [5, 5.41) is 2.99. The molecule has 3 rings (SSSR count). The maximum atomic E-state index is 12.4. The minimum atomic E-state index is -0.0175. The van der Waals surface area contributed by atoms with Gasteiger partial charge in [-0.25, -0.2) is 0 Å². The van der Waals surface area contributed by atoms with Gasteiger partial charge >= 0.3 is 0 Å². The lowest BCUT2D eigenvalue weighted by Gasteiger charge is -2.09. The number of carbonyl (C=O) groups is 1. The summed E-state index contributed by atoms with van der Waals surface area (Å²) >= 11 is 1.74. The number of hydrogen-bond acceptors (Lipinski definition) is 3. The Morgan fingerprint density at radius 2 is 1.88 bits per heavy atom. The highest BCUT2D eigenvalue weighted by atomic mass is 32.2. The summed E-state index contributed by atoms with van der Waals surface area (Å²) in [6.45, 7) is 7.13. The molecule has 2 aromatic carbocycles. The predicted octanol–water partition coefficient (Wildman–Crippen LogP) is 5.91. The van der Waals surface area contributed by atoms with Crippen molar-refractivity contribution in [1.82, 2.24) is 5.32 Å². The number of carbonyl (C=O) groups excluding carboxylic acids is 1. The van der Waals surface area contributed by atoms with Crippen molar-refractivity contribution in [2.45, 2.75) is 56.2 Å². The van der Waals surface area contributed by atoms with Crippen molar-refractivity contribution in [2.24, 2.45) is 4.99 Å². The maximum absolute atomic E-state index is 12.4. The van der Waals surface area contributed by atoms with Gasteiger partial charge in [-0.1, -0.05) is 50.1 Å². The van der Waals surface area contributed by atoms with Crippen LogP contribution in [0.1, 0.15) is 61.0 Å². The van der Waals surface area contributed by atoms with Crippen LogP contribution in [-0.2, 0) is 0 Å². The van der Waals surface area contributed by atoms with E-state index < -0.39 is 0 Å². The van der Waals surface area contributed by atoms with E-state index in [2.05, 4.69) is 44.3 Å². The first-order chi connectivity index (χ1) is 12.6. The van der Waals surface area contributed by atoms with E-state index in [9.17, 15) is 4.79 Å². The molecule has 0 spiro atoms. The van der Waals surface area contributed by atoms with E-state index >= 15 is 0 Å². The number of nitrogens with one attached hydrogen (secondary N) is 1. The van der Waals surface area contributed by atoms with Crippen LogP contribution >= 0.6 is 11.8 Å². The Bertz CT molecular complexity index is 842. The van der Waals surface area contributed by atoms with E-state index in [-0.39, 0.29) is 5.91 Å². The zero-order valence-electron chi connectivity index (χ0n) is 15.8. The Balaban J connectivity index is 1.97. The Morgan fingerprint density at radius 1 is 1.08 bits per heavy atom. The van der Waals surface area contributed by atoms with Gasteiger partial charge in [0.2, 0.25) is 0 Å². The summed E-state index contributed by atoms with van der Waals surface area (Å²) in [5.41, 5.74) is 5.16. The summed E-state index contributed by atoms with van der Waals surface area (Å²) in [6.07, 6.45) is 4.05. The van der Waals surface area contributed by atoms with Gasteiger partial charge in [0, 0.05) is 33.2 Å². The number of rotatable bonds is 6. The van der Waals surface area contributed by atoms with Gasteiger partial charge in [0.1, 0.15) is 0 Å². The van der Waals surface area contributed by atoms with Gasteiger partial charge < -0.3 is 5.32 Å². The van der Waals surface area contributed by atoms with Crippen LogP contribution in [0.5, 0.6) is 0 Å². The molecule has 0 bridgehead atoms. The summed E-state index contributed by atoms with van der Waals surface area (Å²) in [4.78, 5) is 19.7. The molecule has 0 saturated heterocycles. The molecule has 0 saturated carbocycles. The minimum absolute atomic E-state index is 0.0175. The van der Waals surface area contributed by atoms with Crippen LogP contribution in [-0.4, -0.2) is 18.2 Å². The molecule has 4 heteroatoms. The second kappa shape index (κ2) is 8.54. The molecule has 3 nitrogen and oxygen atoms in total. The monoisotopic (exact) mass is 366 g/mol. The predicted molar refractivity (Wildman–Crippen MR) is 110 cm³/mol. The topological polar surface area (TPSA) is 41.5 Å². The van der Waals surface area contributed by atoms with Crippen LogP contribution in [0.2, 0.25) is 0 Å². The Hall–Kier alpha value is -2.07. The number of aryl methyl sites for hydroxylation is 1. The fourth-order valence-electron chi connectivity index (χ4n) is 3.02. The van der Waals surface area contributed by atoms with E-state index in [4.69, 9.17) is 4.99 Å². The van der Waals surface area contributed by atoms with Gasteiger partial charge in [0.15, 0.2) is 0 Å². The standard InChI is InChI=1S/C22H26N2OS/c1-4-6-12-23-22(25)16-9-11-21-19(14-16)24-18(7-5-2)17-13-15(3)8-10-20(17)26-21/h8-11,13-14H,4-7,12H2,1-3H3,(H,23,25). The van der Waals surface area contributed by atoms with Crippen LogP contribution in [0.3, 0.4) is 0 Å². The summed E-state index contributed by atoms with van der Waals surface area (Å²) < 4.78 is 0. The number of nitrogens with zero attached hydrogens (tertiary/aromatic N) is 1. The van der Waals surface area contributed by atoms with Gasteiger partial charge in [-0.2, -0.15) is 0 Å². The second-order valence-electron chi connectivity index (χ2n) is 6.70.